The van der Waals surface area contributed by atoms with Crippen molar-refractivity contribution in [2.24, 2.45) is 0 Å². The minimum Gasteiger partial charge on any atom is -0.313 e. The Kier molecular flexibility index (Phi) is 4.19. The molecule has 72 valence electrons. The van der Waals surface area contributed by atoms with Gasteiger partial charge in [-0.1, -0.05) is 24.6 Å². The number of benzene rings is 1. The Labute approximate surface area is 82.9 Å². The summed E-state index contributed by atoms with van der Waals surface area (Å²) in [5, 5.41) is 3.60. The van der Waals surface area contributed by atoms with Gasteiger partial charge in [0.15, 0.2) is 0 Å². The standard InChI is InChI=1S/C10H13ClFN/c1-2-6-13-7-8-9(11)4-3-5-10(8)12/h3-5,13H,2,6-7H2,1H3. The summed E-state index contributed by atoms with van der Waals surface area (Å²) < 4.78 is 13.2. The highest BCUT2D eigenvalue weighted by atomic mass is 35.5. The van der Waals surface area contributed by atoms with Crippen LogP contribution in [0.5, 0.6) is 0 Å². The van der Waals surface area contributed by atoms with E-state index in [0.29, 0.717) is 17.1 Å². The smallest absolute Gasteiger partial charge is 0.129 e. The highest BCUT2D eigenvalue weighted by molar-refractivity contribution is 6.31. The Morgan fingerprint density at radius 3 is 2.85 bits per heavy atom. The minimum atomic E-state index is -0.240. The minimum absolute atomic E-state index is 0.240. The summed E-state index contributed by atoms with van der Waals surface area (Å²) in [6, 6.07) is 4.74. The first-order chi connectivity index (χ1) is 6.25. The Morgan fingerprint density at radius 1 is 1.46 bits per heavy atom. The van der Waals surface area contributed by atoms with Crippen LogP contribution >= 0.6 is 11.6 Å². The average molecular weight is 202 g/mol. The Morgan fingerprint density at radius 2 is 2.23 bits per heavy atom. The molecule has 3 heteroatoms. The van der Waals surface area contributed by atoms with E-state index in [0.717, 1.165) is 13.0 Å². The van der Waals surface area contributed by atoms with Gasteiger partial charge in [-0.05, 0) is 25.1 Å². The molecule has 0 aromatic heterocycles. The third kappa shape index (κ3) is 2.98. The van der Waals surface area contributed by atoms with Crippen LogP contribution in [0.15, 0.2) is 18.2 Å². The molecule has 1 aromatic rings. The highest BCUT2D eigenvalue weighted by Gasteiger charge is 2.04. The van der Waals surface area contributed by atoms with Crippen molar-refractivity contribution in [1.82, 2.24) is 5.32 Å². The highest BCUT2D eigenvalue weighted by Crippen LogP contribution is 2.18. The molecule has 0 fully saturated rings. The van der Waals surface area contributed by atoms with Crippen molar-refractivity contribution in [1.29, 1.82) is 0 Å². The van der Waals surface area contributed by atoms with Gasteiger partial charge in [-0.15, -0.1) is 0 Å². The van der Waals surface area contributed by atoms with Crippen LogP contribution in [0.1, 0.15) is 18.9 Å². The predicted molar refractivity (Wildman–Crippen MR) is 53.4 cm³/mol. The molecule has 0 aliphatic rings. The quantitative estimate of drug-likeness (QED) is 0.739. The predicted octanol–water partition coefficient (Wildman–Crippen LogP) is 2.98. The number of nitrogens with one attached hydrogen (secondary N) is 1. The molecule has 0 heterocycles. The molecule has 0 bridgehead atoms. The second kappa shape index (κ2) is 5.20. The van der Waals surface area contributed by atoms with E-state index >= 15 is 0 Å². The maximum atomic E-state index is 13.2. The molecule has 0 spiro atoms. The van der Waals surface area contributed by atoms with Gasteiger partial charge in [0.1, 0.15) is 5.82 Å². The SMILES string of the molecule is CCCNCc1c(F)cccc1Cl. The lowest BCUT2D eigenvalue weighted by atomic mass is 10.2. The molecule has 0 radical (unpaired) electrons. The van der Waals surface area contributed by atoms with E-state index < -0.39 is 0 Å². The van der Waals surface area contributed by atoms with Crippen molar-refractivity contribution >= 4 is 11.6 Å². The van der Waals surface area contributed by atoms with Gasteiger partial charge in [0.2, 0.25) is 0 Å². The molecule has 0 saturated heterocycles. The Hall–Kier alpha value is -0.600. The summed E-state index contributed by atoms with van der Waals surface area (Å²) in [7, 11) is 0. The molecule has 13 heavy (non-hydrogen) atoms. The van der Waals surface area contributed by atoms with E-state index in [1.807, 2.05) is 0 Å². The molecule has 1 aromatic carbocycles. The third-order valence-corrected chi connectivity index (χ3v) is 2.14. The molecule has 1 nitrogen and oxygen atoms in total. The van der Waals surface area contributed by atoms with Crippen molar-refractivity contribution in [2.75, 3.05) is 6.54 Å². The molecule has 1 rings (SSSR count). The monoisotopic (exact) mass is 201 g/mol. The fourth-order valence-electron chi connectivity index (χ4n) is 1.09. The van der Waals surface area contributed by atoms with Crippen molar-refractivity contribution in [3.63, 3.8) is 0 Å². The van der Waals surface area contributed by atoms with E-state index in [2.05, 4.69) is 12.2 Å². The fraction of sp³-hybridized carbons (Fsp3) is 0.400. The summed E-state index contributed by atoms with van der Waals surface area (Å²) in [5.74, 6) is -0.240. The lowest BCUT2D eigenvalue weighted by molar-refractivity contribution is 0.586. The largest absolute Gasteiger partial charge is 0.313 e. The van der Waals surface area contributed by atoms with Crippen molar-refractivity contribution in [3.05, 3.63) is 34.6 Å². The number of hydrogen-bond acceptors (Lipinski definition) is 1. The molecule has 0 aliphatic carbocycles. The van der Waals surface area contributed by atoms with Crippen LogP contribution in [-0.2, 0) is 6.54 Å². The fourth-order valence-corrected chi connectivity index (χ4v) is 1.32. The van der Waals surface area contributed by atoms with E-state index in [4.69, 9.17) is 11.6 Å². The number of rotatable bonds is 4. The average Bonchev–Trinajstić information content (AvgIpc) is 2.10. The lowest BCUT2D eigenvalue weighted by Crippen LogP contribution is -2.15. The first-order valence-corrected chi connectivity index (χ1v) is 4.77. The van der Waals surface area contributed by atoms with E-state index in [9.17, 15) is 4.39 Å². The van der Waals surface area contributed by atoms with Gasteiger partial charge in [-0.25, -0.2) is 4.39 Å². The van der Waals surface area contributed by atoms with Crippen LogP contribution in [-0.4, -0.2) is 6.54 Å². The molecule has 0 aliphatic heterocycles. The zero-order valence-electron chi connectivity index (χ0n) is 7.61. The van der Waals surface area contributed by atoms with Crippen LogP contribution in [0.25, 0.3) is 0 Å². The van der Waals surface area contributed by atoms with Gasteiger partial charge >= 0.3 is 0 Å². The summed E-state index contributed by atoms with van der Waals surface area (Å²) in [6.45, 7) is 3.44. The Balaban J connectivity index is 2.64. The van der Waals surface area contributed by atoms with E-state index in [1.165, 1.54) is 6.07 Å². The number of halogens is 2. The summed E-state index contributed by atoms with van der Waals surface area (Å²) >= 11 is 5.83. The van der Waals surface area contributed by atoms with Gasteiger partial charge in [0.25, 0.3) is 0 Å². The van der Waals surface area contributed by atoms with Crippen molar-refractivity contribution in [3.8, 4) is 0 Å². The first-order valence-electron chi connectivity index (χ1n) is 4.39. The molecule has 1 N–H and O–H groups in total. The summed E-state index contributed by atoms with van der Waals surface area (Å²) in [5.41, 5.74) is 0.553. The van der Waals surface area contributed by atoms with E-state index in [1.54, 1.807) is 12.1 Å². The second-order valence-corrected chi connectivity index (χ2v) is 3.28. The van der Waals surface area contributed by atoms with Gasteiger partial charge in [0.05, 0.1) is 0 Å². The van der Waals surface area contributed by atoms with Crippen molar-refractivity contribution < 1.29 is 4.39 Å². The maximum Gasteiger partial charge on any atom is 0.129 e. The molecule has 0 amide bonds. The Bertz CT molecular complexity index is 255. The van der Waals surface area contributed by atoms with Crippen LogP contribution in [0.2, 0.25) is 5.02 Å². The summed E-state index contributed by atoms with van der Waals surface area (Å²) in [6.07, 6.45) is 1.03. The zero-order valence-corrected chi connectivity index (χ0v) is 8.37. The van der Waals surface area contributed by atoms with Gasteiger partial charge in [-0.3, -0.25) is 0 Å². The zero-order chi connectivity index (χ0) is 9.68. The molecule has 0 unspecified atom stereocenters. The number of hydrogen-bond donors (Lipinski definition) is 1. The van der Waals surface area contributed by atoms with E-state index in [-0.39, 0.29) is 5.82 Å². The normalized spacial score (nSPS) is 10.4. The van der Waals surface area contributed by atoms with Crippen LogP contribution in [0, 0.1) is 5.82 Å². The van der Waals surface area contributed by atoms with Gasteiger partial charge in [-0.2, -0.15) is 0 Å². The van der Waals surface area contributed by atoms with Crippen LogP contribution in [0.4, 0.5) is 4.39 Å². The van der Waals surface area contributed by atoms with Crippen LogP contribution in [0.3, 0.4) is 0 Å². The molecule has 0 saturated carbocycles. The second-order valence-electron chi connectivity index (χ2n) is 2.88. The summed E-state index contributed by atoms with van der Waals surface area (Å²) in [4.78, 5) is 0. The van der Waals surface area contributed by atoms with Gasteiger partial charge in [0, 0.05) is 17.1 Å². The lowest BCUT2D eigenvalue weighted by Gasteiger charge is -2.06. The van der Waals surface area contributed by atoms with Crippen LogP contribution < -0.4 is 5.32 Å². The maximum absolute atomic E-state index is 13.2. The van der Waals surface area contributed by atoms with Gasteiger partial charge < -0.3 is 5.32 Å². The molecular weight excluding hydrogens is 189 g/mol. The molecular formula is C10H13ClFN. The topological polar surface area (TPSA) is 12.0 Å². The third-order valence-electron chi connectivity index (χ3n) is 1.79. The van der Waals surface area contributed by atoms with Crippen molar-refractivity contribution in [2.45, 2.75) is 19.9 Å². The molecule has 0 atom stereocenters. The first kappa shape index (κ1) is 10.5.